The Morgan fingerprint density at radius 2 is 1.86 bits per heavy atom. The van der Waals surface area contributed by atoms with Gasteiger partial charge in [-0.2, -0.15) is 0 Å². The van der Waals surface area contributed by atoms with Gasteiger partial charge >= 0.3 is 6.03 Å². The van der Waals surface area contributed by atoms with Gasteiger partial charge in [0, 0.05) is 43.7 Å². The Hall–Kier alpha value is -3.65. The molecule has 1 aromatic heterocycles. The maximum absolute atomic E-state index is 13.2. The number of hydrogen-bond acceptors (Lipinski definition) is 6. The number of hydrogen-bond donors (Lipinski definition) is 1. The quantitative estimate of drug-likeness (QED) is 0.565. The first kappa shape index (κ1) is 24.1. The van der Waals surface area contributed by atoms with Gasteiger partial charge in [-0.15, -0.1) is 0 Å². The number of benzene rings is 2. The summed E-state index contributed by atoms with van der Waals surface area (Å²) < 4.78 is 11.0. The normalized spacial score (nSPS) is 15.4. The zero-order chi connectivity index (χ0) is 24.9. The van der Waals surface area contributed by atoms with Gasteiger partial charge in [0.1, 0.15) is 17.4 Å². The van der Waals surface area contributed by atoms with Crippen LogP contribution in [0.5, 0.6) is 5.75 Å². The Balaban J connectivity index is 1.40. The van der Waals surface area contributed by atoms with Crippen LogP contribution in [0.15, 0.2) is 48.5 Å². The molecule has 0 aliphatic carbocycles. The molecule has 0 radical (unpaired) electrons. The van der Waals surface area contributed by atoms with Gasteiger partial charge in [-0.1, -0.05) is 31.2 Å². The fraction of sp³-hybridized carbons (Fsp3) is 0.393. The average Bonchev–Trinajstić information content (AvgIpc) is 2.93. The van der Waals surface area contributed by atoms with Crippen LogP contribution in [0.3, 0.4) is 0 Å². The van der Waals surface area contributed by atoms with Crippen LogP contribution in [0.1, 0.15) is 35.1 Å². The highest BCUT2D eigenvalue weighted by Gasteiger charge is 2.28. The number of aromatic nitrogens is 2. The summed E-state index contributed by atoms with van der Waals surface area (Å²) in [5.74, 6) is 2.54. The van der Waals surface area contributed by atoms with Gasteiger partial charge in [-0.3, -0.25) is 0 Å². The lowest BCUT2D eigenvalue weighted by atomic mass is 10.0. The van der Waals surface area contributed by atoms with Gasteiger partial charge in [0.25, 0.3) is 0 Å². The molecule has 188 valence electrons. The first-order chi connectivity index (χ1) is 17.6. The van der Waals surface area contributed by atoms with Crippen molar-refractivity contribution in [3.63, 3.8) is 0 Å². The number of nitrogens with zero attached hydrogens (tertiary/aromatic N) is 4. The number of methoxy groups -OCH3 is 1. The average molecular weight is 488 g/mol. The highest BCUT2D eigenvalue weighted by atomic mass is 16.5. The molecule has 2 aliphatic heterocycles. The largest absolute Gasteiger partial charge is 0.497 e. The molecule has 1 N–H and O–H groups in total. The van der Waals surface area contributed by atoms with E-state index >= 15 is 0 Å². The third kappa shape index (κ3) is 5.44. The second-order valence-electron chi connectivity index (χ2n) is 9.17. The van der Waals surface area contributed by atoms with Crippen molar-refractivity contribution in [2.45, 2.75) is 32.7 Å². The van der Waals surface area contributed by atoms with Gasteiger partial charge in [0.15, 0.2) is 0 Å². The third-order valence-electron chi connectivity index (χ3n) is 6.77. The van der Waals surface area contributed by atoms with Crippen molar-refractivity contribution in [1.29, 1.82) is 0 Å². The molecule has 0 bridgehead atoms. The monoisotopic (exact) mass is 487 g/mol. The lowest BCUT2D eigenvalue weighted by Gasteiger charge is -2.34. The van der Waals surface area contributed by atoms with Crippen LogP contribution in [0, 0.1) is 0 Å². The molecule has 3 aromatic rings. The summed E-state index contributed by atoms with van der Waals surface area (Å²) in [5, 5.41) is 3.07. The van der Waals surface area contributed by atoms with Crippen LogP contribution in [0.25, 0.3) is 0 Å². The number of carbonyl (C=O) groups is 1. The molecule has 0 saturated carbocycles. The fourth-order valence-electron chi connectivity index (χ4n) is 4.77. The van der Waals surface area contributed by atoms with E-state index in [1.54, 1.807) is 7.11 Å². The summed E-state index contributed by atoms with van der Waals surface area (Å²) in [7, 11) is 1.67. The smallest absolute Gasteiger partial charge is 0.322 e. The van der Waals surface area contributed by atoms with Crippen LogP contribution in [-0.2, 0) is 30.5 Å². The van der Waals surface area contributed by atoms with Crippen molar-refractivity contribution < 1.29 is 14.3 Å². The van der Waals surface area contributed by atoms with Crippen molar-refractivity contribution in [2.75, 3.05) is 50.2 Å². The summed E-state index contributed by atoms with van der Waals surface area (Å²) in [4.78, 5) is 27.3. The number of anilines is 2. The van der Waals surface area contributed by atoms with E-state index in [4.69, 9.17) is 19.4 Å². The number of morpholine rings is 1. The predicted molar refractivity (Wildman–Crippen MR) is 140 cm³/mol. The Morgan fingerprint density at radius 3 is 2.67 bits per heavy atom. The summed E-state index contributed by atoms with van der Waals surface area (Å²) in [6, 6.07) is 15.9. The van der Waals surface area contributed by atoms with Gasteiger partial charge in [0.2, 0.25) is 0 Å². The van der Waals surface area contributed by atoms with Crippen LogP contribution in [-0.4, -0.2) is 60.9 Å². The lowest BCUT2D eigenvalue weighted by Crippen LogP contribution is -2.42. The van der Waals surface area contributed by atoms with E-state index in [0.717, 1.165) is 59.4 Å². The predicted octanol–water partition coefficient (Wildman–Crippen LogP) is 4.07. The van der Waals surface area contributed by atoms with E-state index in [1.807, 2.05) is 41.3 Å². The molecule has 1 fully saturated rings. The molecule has 36 heavy (non-hydrogen) atoms. The molecule has 8 nitrogen and oxygen atoms in total. The topological polar surface area (TPSA) is 79.8 Å². The minimum absolute atomic E-state index is 0.0951. The van der Waals surface area contributed by atoms with Crippen molar-refractivity contribution in [2.24, 2.45) is 0 Å². The SMILES string of the molecule is CCc1cccc(NC(=O)N2CCc3nc(Cc4cccc(OC)c4)nc(N4CCOCC4)c3C2)c1. The summed E-state index contributed by atoms with van der Waals surface area (Å²) in [5.41, 5.74) is 5.19. The molecule has 0 unspecified atom stereocenters. The number of carbonyl (C=O) groups excluding carboxylic acids is 1. The molecule has 0 spiro atoms. The van der Waals surface area contributed by atoms with E-state index < -0.39 is 0 Å². The highest BCUT2D eigenvalue weighted by molar-refractivity contribution is 5.89. The molecular weight excluding hydrogens is 454 g/mol. The number of fused-ring (bicyclic) bond motifs is 1. The number of urea groups is 1. The van der Waals surface area contributed by atoms with Gasteiger partial charge in [-0.25, -0.2) is 14.8 Å². The summed E-state index contributed by atoms with van der Waals surface area (Å²) in [6.07, 6.45) is 2.25. The van der Waals surface area contributed by atoms with E-state index in [2.05, 4.69) is 29.3 Å². The maximum atomic E-state index is 13.2. The number of aryl methyl sites for hydroxylation is 1. The molecule has 2 aliphatic rings. The molecule has 0 atom stereocenters. The number of ether oxygens (including phenoxy) is 2. The Bertz CT molecular complexity index is 1230. The highest BCUT2D eigenvalue weighted by Crippen LogP contribution is 2.29. The molecule has 2 aromatic carbocycles. The molecule has 1 saturated heterocycles. The maximum Gasteiger partial charge on any atom is 0.322 e. The summed E-state index contributed by atoms with van der Waals surface area (Å²) >= 11 is 0. The molecule has 5 rings (SSSR count). The van der Waals surface area contributed by atoms with Crippen molar-refractivity contribution in [3.8, 4) is 5.75 Å². The van der Waals surface area contributed by atoms with Crippen LogP contribution in [0.4, 0.5) is 16.3 Å². The Labute approximate surface area is 212 Å². The van der Waals surface area contributed by atoms with Gasteiger partial charge < -0.3 is 24.6 Å². The van der Waals surface area contributed by atoms with Crippen LogP contribution >= 0.6 is 0 Å². The molecule has 3 heterocycles. The Kier molecular flexibility index (Phi) is 7.32. The second kappa shape index (κ2) is 11.0. The summed E-state index contributed by atoms with van der Waals surface area (Å²) in [6.45, 7) is 6.10. The third-order valence-corrected chi connectivity index (χ3v) is 6.77. The van der Waals surface area contributed by atoms with Crippen molar-refractivity contribution >= 4 is 17.5 Å². The fourth-order valence-corrected chi connectivity index (χ4v) is 4.77. The van der Waals surface area contributed by atoms with Crippen LogP contribution in [0.2, 0.25) is 0 Å². The zero-order valence-electron chi connectivity index (χ0n) is 21.0. The van der Waals surface area contributed by atoms with Gasteiger partial charge in [-0.05, 0) is 41.8 Å². The molecular formula is C28H33N5O3. The first-order valence-electron chi connectivity index (χ1n) is 12.6. The van der Waals surface area contributed by atoms with E-state index in [1.165, 1.54) is 5.56 Å². The van der Waals surface area contributed by atoms with E-state index in [9.17, 15) is 4.79 Å². The van der Waals surface area contributed by atoms with Gasteiger partial charge in [0.05, 0.1) is 32.6 Å². The number of amides is 2. The number of rotatable bonds is 6. The van der Waals surface area contributed by atoms with Crippen molar-refractivity contribution in [3.05, 3.63) is 76.7 Å². The van der Waals surface area contributed by atoms with E-state index in [0.29, 0.717) is 39.1 Å². The van der Waals surface area contributed by atoms with Crippen molar-refractivity contribution in [1.82, 2.24) is 14.9 Å². The molecule has 2 amide bonds. The minimum atomic E-state index is -0.0951. The Morgan fingerprint density at radius 1 is 1.06 bits per heavy atom. The zero-order valence-corrected chi connectivity index (χ0v) is 21.0. The number of nitrogens with one attached hydrogen (secondary N) is 1. The second-order valence-corrected chi connectivity index (χ2v) is 9.17. The first-order valence-corrected chi connectivity index (χ1v) is 12.6. The van der Waals surface area contributed by atoms with Crippen LogP contribution < -0.4 is 15.0 Å². The standard InChI is InChI=1S/C28H33N5O3/c1-3-20-6-4-8-22(16-20)29-28(34)33-11-10-25-24(19-33)27(32-12-14-36-15-13-32)31-26(30-25)18-21-7-5-9-23(17-21)35-2/h4-9,16-17H,3,10-15,18-19H2,1-2H3,(H,29,34). The molecule has 8 heteroatoms. The van der Waals surface area contributed by atoms with E-state index in [-0.39, 0.29) is 6.03 Å². The minimum Gasteiger partial charge on any atom is -0.497 e. The lowest BCUT2D eigenvalue weighted by molar-refractivity contribution is 0.122.